The highest BCUT2D eigenvalue weighted by molar-refractivity contribution is 5.79. The molecule has 0 radical (unpaired) electrons. The molecule has 1 aromatic carbocycles. The van der Waals surface area contributed by atoms with Gasteiger partial charge in [-0.25, -0.2) is 0 Å². The lowest BCUT2D eigenvalue weighted by Crippen LogP contribution is -2.59. The van der Waals surface area contributed by atoms with Crippen LogP contribution in [0.15, 0.2) is 18.2 Å². The molecule has 3 rings (SSSR count). The average molecular weight is 373 g/mol. The molecule has 0 N–H and O–H groups in total. The molecular formula is C23H32O4. The molecular weight excluding hydrogens is 340 g/mol. The topological polar surface area (TPSA) is 52.6 Å². The van der Waals surface area contributed by atoms with Gasteiger partial charge in [-0.1, -0.05) is 39.0 Å². The van der Waals surface area contributed by atoms with Crippen LogP contribution in [-0.4, -0.2) is 25.2 Å². The minimum Gasteiger partial charge on any atom is -0.468 e. The summed E-state index contributed by atoms with van der Waals surface area (Å²) >= 11 is 0. The van der Waals surface area contributed by atoms with Gasteiger partial charge in [-0.15, -0.1) is 0 Å². The summed E-state index contributed by atoms with van der Waals surface area (Å²) in [4.78, 5) is 24.6. The molecule has 0 saturated heterocycles. The van der Waals surface area contributed by atoms with Gasteiger partial charge in [0, 0.05) is 6.92 Å². The fourth-order valence-corrected chi connectivity index (χ4v) is 5.64. The third kappa shape index (κ3) is 3.07. The fraction of sp³-hybridized carbons (Fsp3) is 0.652. The fourth-order valence-electron chi connectivity index (χ4n) is 5.64. The van der Waals surface area contributed by atoms with Crippen molar-refractivity contribution in [2.75, 3.05) is 7.11 Å². The van der Waals surface area contributed by atoms with Gasteiger partial charge in [-0.3, -0.25) is 9.59 Å². The van der Waals surface area contributed by atoms with Gasteiger partial charge in [0.05, 0.1) is 7.11 Å². The van der Waals surface area contributed by atoms with E-state index in [2.05, 4.69) is 39.0 Å². The van der Waals surface area contributed by atoms with Crippen molar-refractivity contribution in [1.29, 1.82) is 0 Å². The number of ether oxygens (including phenoxy) is 2. The largest absolute Gasteiger partial charge is 0.468 e. The SMILES string of the molecule is COC(=O)[C@]1(C)[C@@H](OC(C)=O)CC[C@]2(C)c3ccc(C(C)C)cc3CC[C@@H]12. The first-order valence-corrected chi connectivity index (χ1v) is 10.0. The Hall–Kier alpha value is -1.84. The van der Waals surface area contributed by atoms with Crippen LogP contribution in [-0.2, 0) is 30.9 Å². The van der Waals surface area contributed by atoms with Gasteiger partial charge in [0.1, 0.15) is 11.5 Å². The summed E-state index contributed by atoms with van der Waals surface area (Å²) in [6, 6.07) is 6.83. The molecule has 1 fully saturated rings. The van der Waals surface area contributed by atoms with Crippen molar-refractivity contribution < 1.29 is 19.1 Å². The molecule has 4 heteroatoms. The average Bonchev–Trinajstić information content (AvgIpc) is 2.62. The molecule has 1 aromatic rings. The molecule has 2 aliphatic carbocycles. The second-order valence-corrected chi connectivity index (χ2v) is 8.99. The Morgan fingerprint density at radius 2 is 1.89 bits per heavy atom. The third-order valence-electron chi connectivity index (χ3n) is 7.13. The molecule has 2 aliphatic rings. The smallest absolute Gasteiger partial charge is 0.315 e. The summed E-state index contributed by atoms with van der Waals surface area (Å²) in [6.07, 6.45) is 2.97. The summed E-state index contributed by atoms with van der Waals surface area (Å²) in [7, 11) is 1.43. The zero-order chi connectivity index (χ0) is 20.0. The van der Waals surface area contributed by atoms with Crippen molar-refractivity contribution >= 4 is 11.9 Å². The quantitative estimate of drug-likeness (QED) is 0.731. The first-order valence-electron chi connectivity index (χ1n) is 10.0. The number of methoxy groups -OCH3 is 1. The molecule has 0 spiro atoms. The van der Waals surface area contributed by atoms with Gasteiger partial charge in [0.15, 0.2) is 0 Å². The third-order valence-corrected chi connectivity index (χ3v) is 7.13. The van der Waals surface area contributed by atoms with Gasteiger partial charge in [-0.2, -0.15) is 0 Å². The molecule has 0 unspecified atom stereocenters. The highest BCUT2D eigenvalue weighted by Crippen LogP contribution is 2.58. The van der Waals surface area contributed by atoms with Crippen molar-refractivity contribution in [2.24, 2.45) is 11.3 Å². The van der Waals surface area contributed by atoms with Crippen LogP contribution in [0.1, 0.15) is 76.5 Å². The van der Waals surface area contributed by atoms with Crippen molar-refractivity contribution in [3.63, 3.8) is 0 Å². The second-order valence-electron chi connectivity index (χ2n) is 8.99. The van der Waals surface area contributed by atoms with E-state index in [-0.39, 0.29) is 23.3 Å². The minimum absolute atomic E-state index is 0.0768. The van der Waals surface area contributed by atoms with E-state index in [1.165, 1.54) is 30.7 Å². The lowest BCUT2D eigenvalue weighted by molar-refractivity contribution is -0.186. The van der Waals surface area contributed by atoms with Crippen molar-refractivity contribution in [2.45, 2.75) is 77.7 Å². The number of carbonyl (C=O) groups excluding carboxylic acids is 2. The summed E-state index contributed by atoms with van der Waals surface area (Å²) < 4.78 is 10.8. The van der Waals surface area contributed by atoms with Crippen LogP contribution in [0.25, 0.3) is 0 Å². The van der Waals surface area contributed by atoms with Gasteiger partial charge in [0.25, 0.3) is 0 Å². The Labute approximate surface area is 162 Å². The van der Waals surface area contributed by atoms with Gasteiger partial charge < -0.3 is 9.47 Å². The van der Waals surface area contributed by atoms with Crippen molar-refractivity contribution in [3.05, 3.63) is 34.9 Å². The summed E-state index contributed by atoms with van der Waals surface area (Å²) in [5.74, 6) is -0.0303. The van der Waals surface area contributed by atoms with E-state index >= 15 is 0 Å². The van der Waals surface area contributed by atoms with Crippen molar-refractivity contribution in [1.82, 2.24) is 0 Å². The zero-order valence-corrected chi connectivity index (χ0v) is 17.4. The summed E-state index contributed by atoms with van der Waals surface area (Å²) in [5.41, 5.74) is 3.16. The van der Waals surface area contributed by atoms with E-state index in [0.717, 1.165) is 19.3 Å². The zero-order valence-electron chi connectivity index (χ0n) is 17.4. The van der Waals surface area contributed by atoms with Crippen LogP contribution < -0.4 is 0 Å². The highest BCUT2D eigenvalue weighted by Gasteiger charge is 2.61. The first kappa shape index (κ1) is 19.9. The Morgan fingerprint density at radius 1 is 1.19 bits per heavy atom. The number of benzene rings is 1. The number of hydrogen-bond donors (Lipinski definition) is 0. The normalized spacial score (nSPS) is 32.4. The number of esters is 2. The van der Waals surface area contributed by atoms with E-state index < -0.39 is 11.5 Å². The molecule has 148 valence electrons. The van der Waals surface area contributed by atoms with Crippen LogP contribution >= 0.6 is 0 Å². The Balaban J connectivity index is 2.07. The van der Waals surface area contributed by atoms with E-state index in [9.17, 15) is 9.59 Å². The Kier molecular flexibility index (Phi) is 5.13. The predicted molar refractivity (Wildman–Crippen MR) is 105 cm³/mol. The monoisotopic (exact) mass is 372 g/mol. The van der Waals surface area contributed by atoms with E-state index in [1.807, 2.05) is 6.92 Å². The van der Waals surface area contributed by atoms with Crippen molar-refractivity contribution in [3.8, 4) is 0 Å². The van der Waals surface area contributed by atoms with Crippen LogP contribution in [0.4, 0.5) is 0 Å². The number of carbonyl (C=O) groups is 2. The van der Waals surface area contributed by atoms with E-state index in [1.54, 1.807) is 0 Å². The molecule has 0 aromatic heterocycles. The molecule has 27 heavy (non-hydrogen) atoms. The maximum absolute atomic E-state index is 12.9. The van der Waals surface area contributed by atoms with Crippen LogP contribution in [0.2, 0.25) is 0 Å². The Morgan fingerprint density at radius 3 is 2.48 bits per heavy atom. The Bertz CT molecular complexity index is 753. The van der Waals surface area contributed by atoms with E-state index in [0.29, 0.717) is 12.3 Å². The number of fused-ring (bicyclic) bond motifs is 3. The first-order chi connectivity index (χ1) is 12.6. The van der Waals surface area contributed by atoms with Gasteiger partial charge >= 0.3 is 11.9 Å². The molecule has 0 bridgehead atoms. The maximum atomic E-state index is 12.9. The molecule has 0 amide bonds. The number of rotatable bonds is 3. The van der Waals surface area contributed by atoms with Crippen LogP contribution in [0.5, 0.6) is 0 Å². The standard InChI is InChI=1S/C23H32O4/c1-14(2)16-7-9-18-17(13-16)8-10-19-22(18,4)12-11-20(27-15(3)24)23(19,5)21(25)26-6/h7,9,13-14,19-20H,8,10-12H2,1-6H3/t19-,20+,22-,23+/m1/s1. The van der Waals surface area contributed by atoms with E-state index in [4.69, 9.17) is 9.47 Å². The lowest BCUT2D eigenvalue weighted by atomic mass is 9.48. The molecule has 0 aliphatic heterocycles. The number of aryl methyl sites for hydroxylation is 1. The van der Waals surface area contributed by atoms with Crippen LogP contribution in [0.3, 0.4) is 0 Å². The van der Waals surface area contributed by atoms with Gasteiger partial charge in [-0.05, 0) is 66.5 Å². The lowest BCUT2D eigenvalue weighted by Gasteiger charge is -2.56. The summed E-state index contributed by atoms with van der Waals surface area (Å²) in [5, 5.41) is 0. The summed E-state index contributed by atoms with van der Waals surface area (Å²) in [6.45, 7) is 10.0. The van der Waals surface area contributed by atoms with Gasteiger partial charge in [0.2, 0.25) is 0 Å². The molecule has 4 nitrogen and oxygen atoms in total. The molecule has 1 saturated carbocycles. The maximum Gasteiger partial charge on any atom is 0.315 e. The highest BCUT2D eigenvalue weighted by atomic mass is 16.6. The molecule has 0 heterocycles. The van der Waals surface area contributed by atoms with Crippen LogP contribution in [0, 0.1) is 11.3 Å². The predicted octanol–water partition coefficient (Wildman–Crippen LogP) is 4.53. The number of hydrogen-bond acceptors (Lipinski definition) is 4. The minimum atomic E-state index is -0.832. The molecule has 4 atom stereocenters. The second kappa shape index (κ2) is 6.96.